The van der Waals surface area contributed by atoms with Crippen LogP contribution in [0.3, 0.4) is 0 Å². The van der Waals surface area contributed by atoms with Crippen molar-refractivity contribution in [3.63, 3.8) is 0 Å². The fourth-order valence-corrected chi connectivity index (χ4v) is 9.47. The number of para-hydroxylation sites is 1. The van der Waals surface area contributed by atoms with Crippen LogP contribution in [-0.4, -0.2) is 16.2 Å². The molecule has 0 radical (unpaired) electrons. The van der Waals surface area contributed by atoms with Crippen molar-refractivity contribution >= 4 is 55.4 Å². The number of aliphatic imine (C=N–C) groups is 2. The fourth-order valence-electron chi connectivity index (χ4n) is 9.47. The Labute approximate surface area is 341 Å². The van der Waals surface area contributed by atoms with Crippen LogP contribution < -0.4 is 0 Å². The zero-order valence-corrected chi connectivity index (χ0v) is 32.6. The van der Waals surface area contributed by atoms with Gasteiger partial charge in [0.15, 0.2) is 0 Å². The summed E-state index contributed by atoms with van der Waals surface area (Å²) in [5, 5.41) is 9.73. The van der Waals surface area contributed by atoms with Gasteiger partial charge in [-0.2, -0.15) is 0 Å². The Morgan fingerprint density at radius 3 is 2.08 bits per heavy atom. The van der Waals surface area contributed by atoms with Crippen LogP contribution in [-0.2, 0) is 5.41 Å². The predicted molar refractivity (Wildman–Crippen MR) is 243 cm³/mol. The van der Waals surface area contributed by atoms with Gasteiger partial charge in [-0.3, -0.25) is 4.99 Å². The maximum Gasteiger partial charge on any atom is 0.137 e. The van der Waals surface area contributed by atoms with Gasteiger partial charge in [-0.05, 0) is 92.5 Å². The molecule has 1 unspecified atom stereocenters. The molecule has 280 valence electrons. The third-order valence-electron chi connectivity index (χ3n) is 12.4. The highest BCUT2D eigenvalue weighted by atomic mass is 16.3. The van der Waals surface area contributed by atoms with Gasteiger partial charge < -0.3 is 19.3 Å². The topological polar surface area (TPSA) is 56.9 Å². The standard InChI is InChI=1S/C54H37N4O/c1-54(2)43-20-11-9-18-38(43)41-32-47-42(31-44(41)54)39-19-10-12-21-45(39)58(47)46-22-13-23-48-50(46)40-29-28-37(30-49(40)59-48)53-56-51(35-16-7-4-8-17-35)55-52(57-53)36-26-24-34(25-27-36)33-14-5-3-6-15-33/h3-32,51H,1-2H3/q-1. The predicted octanol–water partition coefficient (Wildman–Crippen LogP) is 13.9. The summed E-state index contributed by atoms with van der Waals surface area (Å²) < 4.78 is 9.16. The summed E-state index contributed by atoms with van der Waals surface area (Å²) in [6.07, 6.45) is -0.431. The van der Waals surface area contributed by atoms with Crippen molar-refractivity contribution in [1.29, 1.82) is 0 Å². The highest BCUT2D eigenvalue weighted by molar-refractivity contribution is 6.21. The Bertz CT molecular complexity index is 3370. The van der Waals surface area contributed by atoms with Crippen LogP contribution in [0.15, 0.2) is 196 Å². The summed E-state index contributed by atoms with van der Waals surface area (Å²) in [5.74, 6) is 1.28. The van der Waals surface area contributed by atoms with Crippen LogP contribution in [0.5, 0.6) is 0 Å². The monoisotopic (exact) mass is 757 g/mol. The minimum Gasteiger partial charge on any atom is -0.456 e. The quantitative estimate of drug-likeness (QED) is 0.172. The molecule has 0 spiro atoms. The Kier molecular flexibility index (Phi) is 7.27. The van der Waals surface area contributed by atoms with E-state index in [1.165, 1.54) is 49.6 Å². The molecule has 5 nitrogen and oxygen atoms in total. The van der Waals surface area contributed by atoms with Gasteiger partial charge in [-0.25, -0.2) is 0 Å². The number of furan rings is 1. The maximum absolute atomic E-state index is 6.73. The molecule has 0 saturated carbocycles. The number of nitrogens with zero attached hydrogens (tertiary/aromatic N) is 4. The number of aromatic nitrogens is 1. The third kappa shape index (κ3) is 5.18. The van der Waals surface area contributed by atoms with Gasteiger partial charge in [0, 0.05) is 21.6 Å². The van der Waals surface area contributed by atoms with Crippen LogP contribution in [0, 0.1) is 0 Å². The van der Waals surface area contributed by atoms with E-state index in [2.05, 4.69) is 176 Å². The average Bonchev–Trinajstić information content (AvgIpc) is 3.91. The molecule has 3 heterocycles. The number of benzene rings is 8. The van der Waals surface area contributed by atoms with Gasteiger partial charge in [0.05, 0.1) is 34.1 Å². The first kappa shape index (κ1) is 33.6. The van der Waals surface area contributed by atoms with Crippen LogP contribution in [0.1, 0.15) is 47.8 Å². The summed E-state index contributed by atoms with van der Waals surface area (Å²) in [7, 11) is 0. The second-order valence-electron chi connectivity index (χ2n) is 16.1. The Balaban J connectivity index is 0.998. The first-order chi connectivity index (χ1) is 29.0. The lowest BCUT2D eigenvalue weighted by Gasteiger charge is -2.32. The van der Waals surface area contributed by atoms with E-state index in [1.807, 2.05) is 24.3 Å². The molecule has 10 aromatic rings. The van der Waals surface area contributed by atoms with Gasteiger partial charge in [0.2, 0.25) is 0 Å². The highest BCUT2D eigenvalue weighted by Gasteiger charge is 2.36. The van der Waals surface area contributed by atoms with Gasteiger partial charge in [-0.15, -0.1) is 0 Å². The number of fused-ring (bicyclic) bond motifs is 9. The molecule has 2 aliphatic rings. The van der Waals surface area contributed by atoms with E-state index < -0.39 is 6.17 Å². The summed E-state index contributed by atoms with van der Waals surface area (Å²) in [4.78, 5) is 10.2. The molecule has 0 N–H and O–H groups in total. The molecular weight excluding hydrogens is 721 g/mol. The Hall–Kier alpha value is -7.50. The molecule has 1 aliphatic heterocycles. The number of hydrogen-bond acceptors (Lipinski definition) is 3. The van der Waals surface area contributed by atoms with Crippen LogP contribution in [0.25, 0.3) is 77.0 Å². The first-order valence-electron chi connectivity index (χ1n) is 20.2. The Morgan fingerprint density at radius 2 is 1.24 bits per heavy atom. The summed E-state index contributed by atoms with van der Waals surface area (Å²) >= 11 is 0. The molecule has 0 fully saturated rings. The molecule has 0 amide bonds. The maximum atomic E-state index is 6.73. The summed E-state index contributed by atoms with van der Waals surface area (Å²) in [6.45, 7) is 4.69. The van der Waals surface area contributed by atoms with Crippen molar-refractivity contribution in [2.75, 3.05) is 0 Å². The van der Waals surface area contributed by atoms with E-state index in [0.717, 1.165) is 49.9 Å². The average molecular weight is 758 g/mol. The zero-order chi connectivity index (χ0) is 39.2. The number of hydrogen-bond donors (Lipinski definition) is 0. The minimum absolute atomic E-state index is 0.0859. The van der Waals surface area contributed by atoms with E-state index in [0.29, 0.717) is 11.7 Å². The van der Waals surface area contributed by atoms with Crippen molar-refractivity contribution in [1.82, 2.24) is 4.57 Å². The van der Waals surface area contributed by atoms with Gasteiger partial charge in [0.25, 0.3) is 0 Å². The molecular formula is C54H37N4O-. The second kappa shape index (κ2) is 12.8. The normalized spacial score (nSPS) is 15.6. The SMILES string of the molecule is CC1(C)c2ccccc2-c2cc3c(cc21)c1ccccc1n3-c1cccc2oc3cc(C4=NC(c5ccc(-c6ccccc6)cc5)=NC(c5ccccc5)[N-]4)ccc3c12. The van der Waals surface area contributed by atoms with Gasteiger partial charge >= 0.3 is 0 Å². The number of amidine groups is 2. The molecule has 1 aliphatic carbocycles. The van der Waals surface area contributed by atoms with E-state index in [4.69, 9.17) is 19.7 Å². The van der Waals surface area contributed by atoms with Crippen molar-refractivity contribution in [3.05, 3.63) is 215 Å². The Morgan fingerprint density at radius 1 is 0.525 bits per heavy atom. The molecule has 59 heavy (non-hydrogen) atoms. The van der Waals surface area contributed by atoms with Crippen molar-refractivity contribution in [3.8, 4) is 27.9 Å². The number of rotatable bonds is 5. The van der Waals surface area contributed by atoms with Crippen molar-refractivity contribution < 1.29 is 4.42 Å². The molecule has 1 atom stereocenters. The lowest BCUT2D eigenvalue weighted by atomic mass is 9.82. The first-order valence-corrected chi connectivity index (χ1v) is 20.2. The molecule has 12 rings (SSSR count). The van der Waals surface area contributed by atoms with Gasteiger partial charge in [-0.1, -0.05) is 159 Å². The molecule has 8 aromatic carbocycles. The van der Waals surface area contributed by atoms with E-state index in [9.17, 15) is 0 Å². The lowest BCUT2D eigenvalue weighted by Crippen LogP contribution is -2.15. The van der Waals surface area contributed by atoms with Crippen LogP contribution in [0.4, 0.5) is 0 Å². The highest BCUT2D eigenvalue weighted by Crippen LogP contribution is 2.51. The third-order valence-corrected chi connectivity index (χ3v) is 12.4. The van der Waals surface area contributed by atoms with Crippen LogP contribution in [0.2, 0.25) is 0 Å². The lowest BCUT2D eigenvalue weighted by molar-refractivity contribution is 0.661. The van der Waals surface area contributed by atoms with E-state index in [-0.39, 0.29) is 5.41 Å². The molecule has 2 aromatic heterocycles. The van der Waals surface area contributed by atoms with Crippen molar-refractivity contribution in [2.24, 2.45) is 9.98 Å². The minimum atomic E-state index is -0.431. The second-order valence-corrected chi connectivity index (χ2v) is 16.1. The van der Waals surface area contributed by atoms with Crippen molar-refractivity contribution in [2.45, 2.75) is 25.4 Å². The largest absolute Gasteiger partial charge is 0.456 e. The zero-order valence-electron chi connectivity index (χ0n) is 32.6. The van der Waals surface area contributed by atoms with E-state index in [1.54, 1.807) is 0 Å². The smallest absolute Gasteiger partial charge is 0.137 e. The van der Waals surface area contributed by atoms with E-state index >= 15 is 0 Å². The summed E-state index contributed by atoms with van der Waals surface area (Å²) in [6, 6.07) is 64.3. The van der Waals surface area contributed by atoms with Crippen LogP contribution >= 0.6 is 0 Å². The molecule has 0 bridgehead atoms. The fraction of sp³-hybridized carbons (Fsp3) is 0.0741. The molecule has 0 saturated heterocycles. The summed E-state index contributed by atoms with van der Waals surface area (Å²) in [5.41, 5.74) is 15.5. The van der Waals surface area contributed by atoms with Gasteiger partial charge in [0.1, 0.15) is 11.2 Å². The molecule has 5 heteroatoms.